The summed E-state index contributed by atoms with van der Waals surface area (Å²) >= 11 is 0. The number of benzene rings is 1. The fraction of sp³-hybridized carbons (Fsp3) is 0.267. The smallest absolute Gasteiger partial charge is 0.330 e. The van der Waals surface area contributed by atoms with Gasteiger partial charge in [-0.25, -0.2) is 0 Å². The minimum atomic E-state index is -0.0800. The molecule has 1 aromatic carbocycles. The Bertz CT molecular complexity index is 1010. The van der Waals surface area contributed by atoms with Crippen molar-refractivity contribution in [1.82, 2.24) is 14.8 Å². The Hall–Kier alpha value is -3.07. The Balaban J connectivity index is 2.37. The molecular weight excluding hydrogens is 308 g/mol. The van der Waals surface area contributed by atoms with Crippen LogP contribution in [0.15, 0.2) is 33.3 Å². The zero-order valence-electron chi connectivity index (χ0n) is 13.3. The molecule has 0 radical (unpaired) electrons. The summed E-state index contributed by atoms with van der Waals surface area (Å²) in [5, 5.41) is 21.3. The van der Waals surface area contributed by atoms with Crippen LogP contribution >= 0.6 is 0 Å². The molecule has 0 aliphatic rings. The van der Waals surface area contributed by atoms with Crippen molar-refractivity contribution in [2.75, 3.05) is 6.54 Å². The van der Waals surface area contributed by atoms with Gasteiger partial charge in [-0.15, -0.1) is 0 Å². The third-order valence-electron chi connectivity index (χ3n) is 4.00. The number of nitrogens with zero attached hydrogens (tertiary/aromatic N) is 4. The lowest BCUT2D eigenvalue weighted by molar-refractivity contribution is -0.114. The number of aromatic nitrogens is 3. The van der Waals surface area contributed by atoms with Gasteiger partial charge < -0.3 is 10.3 Å². The lowest BCUT2D eigenvalue weighted by atomic mass is 10.1. The Morgan fingerprint density at radius 1 is 1.46 bits per heavy atom. The number of aromatic amines is 1. The fourth-order valence-corrected chi connectivity index (χ4v) is 2.84. The predicted octanol–water partition coefficient (Wildman–Crippen LogP) is -0.633. The highest BCUT2D eigenvalue weighted by Gasteiger charge is 2.17. The van der Waals surface area contributed by atoms with E-state index in [-0.39, 0.29) is 11.4 Å². The van der Waals surface area contributed by atoms with Crippen molar-refractivity contribution in [1.29, 1.82) is 0 Å². The van der Waals surface area contributed by atoms with Gasteiger partial charge >= 0.3 is 5.84 Å². The van der Waals surface area contributed by atoms with Crippen LogP contribution in [0.3, 0.4) is 0 Å². The fourth-order valence-electron chi connectivity index (χ4n) is 2.84. The molecule has 0 saturated carbocycles. The molecule has 0 aliphatic heterocycles. The molecule has 0 amide bonds. The van der Waals surface area contributed by atoms with E-state index in [1.807, 2.05) is 19.1 Å². The first-order valence-electron chi connectivity index (χ1n) is 7.53. The number of hydrogen-bond acceptors (Lipinski definition) is 4. The van der Waals surface area contributed by atoms with E-state index in [2.05, 4.69) is 20.5 Å². The van der Waals surface area contributed by atoms with Crippen LogP contribution in [0.1, 0.15) is 17.7 Å². The monoisotopic (exact) mass is 327 g/mol. The molecule has 0 unspecified atom stereocenters. The maximum Gasteiger partial charge on any atom is 0.350 e. The first-order chi connectivity index (χ1) is 11.6. The van der Waals surface area contributed by atoms with Crippen molar-refractivity contribution in [3.8, 4) is 0 Å². The van der Waals surface area contributed by atoms with Crippen molar-refractivity contribution in [3.63, 3.8) is 0 Å². The van der Waals surface area contributed by atoms with Gasteiger partial charge in [0.25, 0.3) is 5.56 Å². The van der Waals surface area contributed by atoms with E-state index in [9.17, 15) is 4.79 Å². The van der Waals surface area contributed by atoms with Gasteiger partial charge in [0, 0.05) is 22.8 Å². The van der Waals surface area contributed by atoms with Crippen molar-refractivity contribution in [3.05, 3.63) is 39.8 Å². The van der Waals surface area contributed by atoms with Gasteiger partial charge in [-0.1, -0.05) is 0 Å². The summed E-state index contributed by atoms with van der Waals surface area (Å²) in [6.07, 6.45) is 0.703. The van der Waals surface area contributed by atoms with Crippen LogP contribution in [-0.2, 0) is 6.54 Å². The highest BCUT2D eigenvalue weighted by atomic mass is 16.1. The van der Waals surface area contributed by atoms with Gasteiger partial charge in [-0.05, 0) is 38.1 Å². The van der Waals surface area contributed by atoms with Gasteiger partial charge in [0.1, 0.15) is 5.52 Å². The quantitative estimate of drug-likeness (QED) is 0.165. The molecule has 0 atom stereocenters. The molecule has 2 aromatic heterocycles. The normalized spacial score (nSPS) is 11.8. The second kappa shape index (κ2) is 6.20. The van der Waals surface area contributed by atoms with Gasteiger partial charge in [-0.2, -0.15) is 5.10 Å². The molecule has 9 nitrogen and oxygen atoms in total. The van der Waals surface area contributed by atoms with Gasteiger partial charge in [0.05, 0.1) is 21.6 Å². The summed E-state index contributed by atoms with van der Waals surface area (Å²) in [6.45, 7) is 2.86. The minimum Gasteiger partial charge on any atom is -0.330 e. The third-order valence-corrected chi connectivity index (χ3v) is 4.00. The number of fused-ring (bicyclic) bond motifs is 3. The molecule has 3 aromatic rings. The van der Waals surface area contributed by atoms with Gasteiger partial charge in [-0.3, -0.25) is 21.1 Å². The van der Waals surface area contributed by atoms with Crippen LogP contribution in [0.5, 0.6) is 0 Å². The first-order valence-corrected chi connectivity index (χ1v) is 7.53. The van der Waals surface area contributed by atoms with E-state index in [0.717, 1.165) is 16.6 Å². The summed E-state index contributed by atoms with van der Waals surface area (Å²) < 4.78 is 1.72. The predicted molar refractivity (Wildman–Crippen MR) is 91.3 cm³/mol. The van der Waals surface area contributed by atoms with E-state index in [1.165, 1.54) is 0 Å². The average molecular weight is 327 g/mol. The average Bonchev–Trinajstić information content (AvgIpc) is 2.97. The summed E-state index contributed by atoms with van der Waals surface area (Å²) in [7, 11) is 0. The van der Waals surface area contributed by atoms with E-state index in [4.69, 9.17) is 17.0 Å². The van der Waals surface area contributed by atoms with E-state index in [0.29, 0.717) is 36.0 Å². The Morgan fingerprint density at radius 2 is 2.25 bits per heavy atom. The number of nitrogens with two attached hydrogens (primary N) is 3. The molecule has 3 rings (SSSR count). The molecule has 7 N–H and O–H groups in total. The summed E-state index contributed by atoms with van der Waals surface area (Å²) in [5.41, 5.74) is 8.28. The van der Waals surface area contributed by atoms with Gasteiger partial charge in [0.2, 0.25) is 0 Å². The van der Waals surface area contributed by atoms with E-state index in [1.54, 1.807) is 10.6 Å². The summed E-state index contributed by atoms with van der Waals surface area (Å²) in [6, 6.07) is 5.43. The van der Waals surface area contributed by atoms with Crippen LogP contribution in [0.4, 0.5) is 0 Å². The molecule has 124 valence electrons. The number of amidine groups is 1. The highest BCUT2D eigenvalue weighted by Crippen LogP contribution is 2.24. The number of pyridine rings is 1. The summed E-state index contributed by atoms with van der Waals surface area (Å²) in [5.74, 6) is 5.25. The van der Waals surface area contributed by atoms with Crippen LogP contribution in [0.25, 0.3) is 21.8 Å². The third kappa shape index (κ3) is 2.44. The number of hydrogen-bond donors (Lipinski definition) is 4. The Labute approximate surface area is 136 Å². The van der Waals surface area contributed by atoms with E-state index >= 15 is 0 Å². The molecule has 24 heavy (non-hydrogen) atoms. The number of nitrogens with one attached hydrogen (secondary N) is 1. The molecule has 0 spiro atoms. The molecule has 2 heterocycles. The van der Waals surface area contributed by atoms with E-state index < -0.39 is 0 Å². The minimum absolute atomic E-state index is 0.0800. The molecular formula is C15H19N8O+. The lowest BCUT2D eigenvalue weighted by Crippen LogP contribution is -2.39. The van der Waals surface area contributed by atoms with Crippen molar-refractivity contribution >= 4 is 27.6 Å². The van der Waals surface area contributed by atoms with Crippen LogP contribution < -0.4 is 22.5 Å². The Kier molecular flexibility index (Phi) is 4.09. The largest absolute Gasteiger partial charge is 0.350 e. The highest BCUT2D eigenvalue weighted by molar-refractivity contribution is 6.07. The second-order valence-corrected chi connectivity index (χ2v) is 5.50. The second-order valence-electron chi connectivity index (χ2n) is 5.50. The van der Waals surface area contributed by atoms with Crippen molar-refractivity contribution < 1.29 is 5.41 Å². The molecule has 0 saturated heterocycles. The first kappa shape index (κ1) is 15.8. The topological polar surface area (TPSA) is 153 Å². The summed E-state index contributed by atoms with van der Waals surface area (Å²) in [4.78, 5) is 12.8. The number of aryl methyl sites for hydroxylation is 2. The van der Waals surface area contributed by atoms with Gasteiger partial charge in [0.15, 0.2) is 0 Å². The standard InChI is InChI=1S/C15H18N8O/c1-8-12-13(20-19-8)10-7-9(14(17)21-22-18)3-4-11(10)23(15(12)24)6-2-5-16/h3-4,7H,2,5-6,16H2,1H3,(H,19,20)(H3,17,18,21)/p+1. The SMILES string of the molecule is Cc1[nH]nc2c1c(=O)n(CCCN)c1ccc(C(=[NH2+])N=NN)cc21. The maximum atomic E-state index is 12.8. The number of rotatable bonds is 4. The van der Waals surface area contributed by atoms with Crippen molar-refractivity contribution in [2.45, 2.75) is 19.9 Å². The zero-order chi connectivity index (χ0) is 17.3. The molecule has 0 fully saturated rings. The lowest BCUT2D eigenvalue weighted by Gasteiger charge is -2.11. The zero-order valence-corrected chi connectivity index (χ0v) is 13.3. The number of H-pyrrole nitrogens is 1. The van der Waals surface area contributed by atoms with Crippen LogP contribution in [0, 0.1) is 6.92 Å². The Morgan fingerprint density at radius 3 is 2.96 bits per heavy atom. The van der Waals surface area contributed by atoms with Crippen LogP contribution in [-0.4, -0.2) is 27.1 Å². The van der Waals surface area contributed by atoms with Crippen molar-refractivity contribution in [2.24, 2.45) is 21.9 Å². The maximum absolute atomic E-state index is 12.8. The van der Waals surface area contributed by atoms with Crippen LogP contribution in [0.2, 0.25) is 0 Å². The molecule has 0 aliphatic carbocycles. The molecule has 9 heteroatoms. The molecule has 0 bridgehead atoms.